The van der Waals surface area contributed by atoms with Gasteiger partial charge in [-0.2, -0.15) is 13.2 Å². The lowest BCUT2D eigenvalue weighted by molar-refractivity contribution is -0.137. The monoisotopic (exact) mass is 482 g/mol. The number of aryl methyl sites for hydroxylation is 1. The number of hydrogen-bond acceptors (Lipinski definition) is 3. The van der Waals surface area contributed by atoms with Crippen molar-refractivity contribution in [2.24, 2.45) is 0 Å². The summed E-state index contributed by atoms with van der Waals surface area (Å²) in [4.78, 5) is 12.5. The van der Waals surface area contributed by atoms with Gasteiger partial charge in [0.25, 0.3) is 10.0 Å². The Kier molecular flexibility index (Phi) is 6.80. The van der Waals surface area contributed by atoms with E-state index in [1.807, 2.05) is 0 Å². The van der Waals surface area contributed by atoms with Gasteiger partial charge < -0.3 is 5.32 Å². The van der Waals surface area contributed by atoms with Gasteiger partial charge in [-0.1, -0.05) is 41.4 Å². The van der Waals surface area contributed by atoms with E-state index in [0.717, 1.165) is 17.7 Å². The Morgan fingerprint density at radius 3 is 2.28 bits per heavy atom. The first kappa shape index (κ1) is 23.6. The summed E-state index contributed by atoms with van der Waals surface area (Å²) in [5.74, 6) is -0.750. The van der Waals surface area contributed by atoms with Crippen LogP contribution in [0.25, 0.3) is 0 Å². The molecule has 1 amide bonds. The predicted octanol–water partition coefficient (Wildman–Crippen LogP) is 5.50. The van der Waals surface area contributed by atoms with E-state index >= 15 is 0 Å². The summed E-state index contributed by atoms with van der Waals surface area (Å²) in [6.45, 7) is 1.02. The van der Waals surface area contributed by atoms with E-state index in [2.05, 4.69) is 5.32 Å². The van der Waals surface area contributed by atoms with E-state index in [1.165, 1.54) is 24.3 Å². The molecule has 0 saturated heterocycles. The number of sulfonamides is 1. The Balaban J connectivity index is 2.01. The molecule has 0 spiro atoms. The number of hydrogen-bond donors (Lipinski definition) is 1. The zero-order valence-corrected chi connectivity index (χ0v) is 18.3. The highest BCUT2D eigenvalue weighted by Gasteiger charge is 2.33. The van der Waals surface area contributed by atoms with E-state index in [-0.39, 0.29) is 10.6 Å². The van der Waals surface area contributed by atoms with Crippen LogP contribution in [0.4, 0.5) is 24.5 Å². The molecule has 0 atom stereocenters. The van der Waals surface area contributed by atoms with Gasteiger partial charge in [-0.05, 0) is 55.5 Å². The number of alkyl halides is 3. The topological polar surface area (TPSA) is 66.5 Å². The molecule has 168 valence electrons. The summed E-state index contributed by atoms with van der Waals surface area (Å²) in [6, 6.07) is 15.8. The number of nitrogens with zero attached hydrogens (tertiary/aromatic N) is 1. The van der Waals surface area contributed by atoms with Crippen LogP contribution < -0.4 is 9.62 Å². The maximum Gasteiger partial charge on any atom is 0.416 e. The molecule has 0 unspecified atom stereocenters. The number of nitrogens with one attached hydrogen (secondary N) is 1. The van der Waals surface area contributed by atoms with Gasteiger partial charge in [0.15, 0.2) is 0 Å². The lowest BCUT2D eigenvalue weighted by Crippen LogP contribution is -2.38. The largest absolute Gasteiger partial charge is 0.416 e. The Morgan fingerprint density at radius 2 is 1.66 bits per heavy atom. The first-order valence-electron chi connectivity index (χ1n) is 9.29. The lowest BCUT2D eigenvalue weighted by Gasteiger charge is -2.25. The van der Waals surface area contributed by atoms with Crippen molar-refractivity contribution in [3.05, 3.63) is 88.9 Å². The van der Waals surface area contributed by atoms with Crippen LogP contribution in [-0.2, 0) is 21.0 Å². The molecule has 0 heterocycles. The average molecular weight is 483 g/mol. The van der Waals surface area contributed by atoms with Gasteiger partial charge in [-0.25, -0.2) is 8.42 Å². The second kappa shape index (κ2) is 9.22. The van der Waals surface area contributed by atoms with Gasteiger partial charge in [0.2, 0.25) is 5.91 Å². The smallest absolute Gasteiger partial charge is 0.324 e. The van der Waals surface area contributed by atoms with Gasteiger partial charge >= 0.3 is 6.18 Å². The van der Waals surface area contributed by atoms with Crippen LogP contribution in [0.5, 0.6) is 0 Å². The molecule has 32 heavy (non-hydrogen) atoms. The zero-order chi connectivity index (χ0) is 23.5. The standard InChI is InChI=1S/C22H18ClF3N2O3S/c1-15-8-10-20(11-9-15)32(30,31)28(19-7-2-4-16(12-19)22(24,25)26)14-21(29)27-18-6-3-5-17(23)13-18/h2-13H,14H2,1H3,(H,27,29). The van der Waals surface area contributed by atoms with Crippen molar-refractivity contribution in [1.82, 2.24) is 0 Å². The van der Waals surface area contributed by atoms with Gasteiger partial charge in [0.1, 0.15) is 6.54 Å². The second-order valence-electron chi connectivity index (χ2n) is 6.93. The van der Waals surface area contributed by atoms with Crippen molar-refractivity contribution in [2.45, 2.75) is 18.0 Å². The van der Waals surface area contributed by atoms with Crippen LogP contribution >= 0.6 is 11.6 Å². The first-order valence-corrected chi connectivity index (χ1v) is 11.1. The third-order valence-electron chi connectivity index (χ3n) is 4.47. The molecule has 3 rings (SSSR count). The molecule has 0 bridgehead atoms. The number of rotatable bonds is 6. The minimum Gasteiger partial charge on any atom is -0.324 e. The molecular formula is C22H18ClF3N2O3S. The molecule has 0 aromatic heterocycles. The molecule has 0 radical (unpaired) electrons. The first-order chi connectivity index (χ1) is 15.0. The van der Waals surface area contributed by atoms with Crippen LogP contribution in [0.15, 0.2) is 77.7 Å². The fraction of sp³-hybridized carbons (Fsp3) is 0.136. The summed E-state index contributed by atoms with van der Waals surface area (Å²) in [5.41, 5.74) is -0.205. The highest BCUT2D eigenvalue weighted by atomic mass is 35.5. The van der Waals surface area contributed by atoms with Gasteiger partial charge in [-0.15, -0.1) is 0 Å². The van der Waals surface area contributed by atoms with Crippen molar-refractivity contribution in [1.29, 1.82) is 0 Å². The van der Waals surface area contributed by atoms with E-state index in [0.29, 0.717) is 21.1 Å². The number of halogens is 4. The third kappa shape index (κ3) is 5.60. The van der Waals surface area contributed by atoms with Crippen LogP contribution in [0, 0.1) is 6.92 Å². The summed E-state index contributed by atoms with van der Waals surface area (Å²) in [5, 5.41) is 2.86. The summed E-state index contributed by atoms with van der Waals surface area (Å²) in [6.07, 6.45) is -4.68. The maximum absolute atomic E-state index is 13.3. The van der Waals surface area contributed by atoms with Gasteiger partial charge in [-0.3, -0.25) is 9.10 Å². The van der Waals surface area contributed by atoms with Crippen molar-refractivity contribution in [3.8, 4) is 0 Å². The molecule has 0 aliphatic carbocycles. The lowest BCUT2D eigenvalue weighted by atomic mass is 10.2. The Labute approximate surface area is 188 Å². The number of benzene rings is 3. The highest BCUT2D eigenvalue weighted by Crippen LogP contribution is 2.33. The summed E-state index contributed by atoms with van der Waals surface area (Å²) < 4.78 is 66.9. The zero-order valence-electron chi connectivity index (χ0n) is 16.7. The average Bonchev–Trinajstić information content (AvgIpc) is 2.72. The predicted molar refractivity (Wildman–Crippen MR) is 117 cm³/mol. The fourth-order valence-corrected chi connectivity index (χ4v) is 4.49. The van der Waals surface area contributed by atoms with E-state index in [4.69, 9.17) is 11.6 Å². The van der Waals surface area contributed by atoms with Crippen molar-refractivity contribution < 1.29 is 26.4 Å². The molecule has 0 aliphatic rings. The van der Waals surface area contributed by atoms with Crippen molar-refractivity contribution in [3.63, 3.8) is 0 Å². The van der Waals surface area contributed by atoms with E-state index < -0.39 is 34.2 Å². The van der Waals surface area contributed by atoms with Crippen molar-refractivity contribution in [2.75, 3.05) is 16.2 Å². The fourth-order valence-electron chi connectivity index (χ4n) is 2.89. The van der Waals surface area contributed by atoms with Crippen LogP contribution in [0.2, 0.25) is 5.02 Å². The maximum atomic E-state index is 13.3. The van der Waals surface area contributed by atoms with Gasteiger partial charge in [0.05, 0.1) is 16.1 Å². The van der Waals surface area contributed by atoms with E-state index in [9.17, 15) is 26.4 Å². The van der Waals surface area contributed by atoms with Crippen LogP contribution in [0.1, 0.15) is 11.1 Å². The molecule has 10 heteroatoms. The second-order valence-corrected chi connectivity index (χ2v) is 9.23. The molecule has 1 N–H and O–H groups in total. The molecule has 5 nitrogen and oxygen atoms in total. The highest BCUT2D eigenvalue weighted by molar-refractivity contribution is 7.92. The number of carbonyl (C=O) groups is 1. The third-order valence-corrected chi connectivity index (χ3v) is 6.49. The molecule has 0 aliphatic heterocycles. The minimum atomic E-state index is -4.68. The molecule has 3 aromatic rings. The molecule has 3 aromatic carbocycles. The number of anilines is 2. The van der Waals surface area contributed by atoms with Gasteiger partial charge in [0, 0.05) is 10.7 Å². The number of carbonyl (C=O) groups excluding carboxylic acids is 1. The van der Waals surface area contributed by atoms with Crippen LogP contribution in [-0.4, -0.2) is 20.9 Å². The van der Waals surface area contributed by atoms with E-state index in [1.54, 1.807) is 37.3 Å². The summed E-state index contributed by atoms with van der Waals surface area (Å²) in [7, 11) is -4.35. The quantitative estimate of drug-likeness (QED) is 0.504. The van der Waals surface area contributed by atoms with Crippen LogP contribution in [0.3, 0.4) is 0 Å². The molecule has 0 fully saturated rings. The molecular weight excluding hydrogens is 465 g/mol. The summed E-state index contributed by atoms with van der Waals surface area (Å²) >= 11 is 5.89. The Morgan fingerprint density at radius 1 is 1.00 bits per heavy atom. The van der Waals surface area contributed by atoms with Crippen molar-refractivity contribution >= 4 is 38.9 Å². The minimum absolute atomic E-state index is 0.156. The molecule has 0 saturated carbocycles. The number of amides is 1. The SMILES string of the molecule is Cc1ccc(S(=O)(=O)N(CC(=O)Nc2cccc(Cl)c2)c2cccc(C(F)(F)F)c2)cc1. The Hall–Kier alpha value is -3.04. The normalized spacial score (nSPS) is 11.8. The Bertz CT molecular complexity index is 1230.